The van der Waals surface area contributed by atoms with Crippen LogP contribution in [-0.2, 0) is 12.8 Å². The Morgan fingerprint density at radius 1 is 1.28 bits per heavy atom. The molecule has 0 spiro atoms. The van der Waals surface area contributed by atoms with Gasteiger partial charge >= 0.3 is 0 Å². The molecule has 1 N–H and O–H groups in total. The van der Waals surface area contributed by atoms with Crippen molar-refractivity contribution >= 4 is 11.9 Å². The SMILES string of the molecule is CCN1CCC[C@@H]2Cc3nc(NC(=O)c4ccccc4)ncc3C[C@H]21. The van der Waals surface area contributed by atoms with Crippen molar-refractivity contribution in [3.63, 3.8) is 0 Å². The van der Waals surface area contributed by atoms with Gasteiger partial charge < -0.3 is 4.90 Å². The Morgan fingerprint density at radius 3 is 2.92 bits per heavy atom. The molecule has 1 saturated heterocycles. The molecule has 1 aromatic carbocycles. The van der Waals surface area contributed by atoms with Crippen LogP contribution in [0.25, 0.3) is 0 Å². The summed E-state index contributed by atoms with van der Waals surface area (Å²) in [6, 6.07) is 9.81. The number of benzene rings is 1. The maximum atomic E-state index is 12.3. The zero-order chi connectivity index (χ0) is 17.2. The summed E-state index contributed by atoms with van der Waals surface area (Å²) in [5.41, 5.74) is 2.96. The molecule has 0 radical (unpaired) electrons. The summed E-state index contributed by atoms with van der Waals surface area (Å²) in [6.45, 7) is 4.57. The van der Waals surface area contributed by atoms with E-state index in [1.165, 1.54) is 24.9 Å². The van der Waals surface area contributed by atoms with Gasteiger partial charge in [-0.1, -0.05) is 25.1 Å². The Labute approximate surface area is 148 Å². The average Bonchev–Trinajstić information content (AvgIpc) is 2.66. The number of rotatable bonds is 3. The first-order chi connectivity index (χ1) is 12.2. The number of aromatic nitrogens is 2. The average molecular weight is 336 g/mol. The molecule has 0 saturated carbocycles. The molecule has 1 aromatic heterocycles. The van der Waals surface area contributed by atoms with Crippen molar-refractivity contribution in [2.45, 2.75) is 38.6 Å². The highest BCUT2D eigenvalue weighted by molar-refractivity contribution is 6.03. The number of carbonyl (C=O) groups excluding carboxylic acids is 1. The number of piperidine rings is 1. The molecule has 0 bridgehead atoms. The van der Waals surface area contributed by atoms with Crippen LogP contribution in [0.15, 0.2) is 36.5 Å². The normalized spacial score (nSPS) is 22.8. The van der Waals surface area contributed by atoms with Crippen LogP contribution in [0.5, 0.6) is 0 Å². The molecule has 1 amide bonds. The zero-order valence-corrected chi connectivity index (χ0v) is 14.6. The molecule has 25 heavy (non-hydrogen) atoms. The quantitative estimate of drug-likeness (QED) is 0.936. The van der Waals surface area contributed by atoms with Gasteiger partial charge in [0.25, 0.3) is 5.91 Å². The van der Waals surface area contributed by atoms with Crippen LogP contribution < -0.4 is 5.32 Å². The molecular formula is C20H24N4O. The summed E-state index contributed by atoms with van der Waals surface area (Å²) in [5, 5.41) is 2.83. The Hall–Kier alpha value is -2.27. The Morgan fingerprint density at radius 2 is 2.12 bits per heavy atom. The van der Waals surface area contributed by atoms with Gasteiger partial charge in [0.05, 0.1) is 0 Å². The standard InChI is InChI=1S/C20H24N4O/c1-2-24-10-6-9-15-11-17-16(12-18(15)24)13-21-20(22-17)23-19(25)14-7-4-3-5-8-14/h3-5,7-8,13,15,18H,2,6,9-12H2,1H3,(H,21,22,23,25)/t15-,18-/m1/s1. The van der Waals surface area contributed by atoms with Gasteiger partial charge in [0.1, 0.15) is 0 Å². The molecule has 4 rings (SSSR count). The van der Waals surface area contributed by atoms with Crippen molar-refractivity contribution in [2.24, 2.45) is 5.92 Å². The van der Waals surface area contributed by atoms with Crippen molar-refractivity contribution in [2.75, 3.05) is 18.4 Å². The second-order valence-electron chi connectivity index (χ2n) is 6.99. The van der Waals surface area contributed by atoms with Crippen LogP contribution in [0.1, 0.15) is 41.4 Å². The molecule has 130 valence electrons. The van der Waals surface area contributed by atoms with Crippen LogP contribution >= 0.6 is 0 Å². The van der Waals surface area contributed by atoms with E-state index in [1.807, 2.05) is 24.4 Å². The monoisotopic (exact) mass is 336 g/mol. The number of carbonyl (C=O) groups is 1. The van der Waals surface area contributed by atoms with Gasteiger partial charge in [-0.2, -0.15) is 0 Å². The van der Waals surface area contributed by atoms with Crippen LogP contribution in [0, 0.1) is 5.92 Å². The van der Waals surface area contributed by atoms with Crippen LogP contribution in [-0.4, -0.2) is 39.9 Å². The summed E-state index contributed by atoms with van der Waals surface area (Å²) < 4.78 is 0. The van der Waals surface area contributed by atoms with Crippen molar-refractivity contribution in [3.05, 3.63) is 53.3 Å². The molecule has 2 aliphatic rings. The minimum atomic E-state index is -0.163. The highest BCUT2D eigenvalue weighted by Crippen LogP contribution is 2.34. The molecule has 1 fully saturated rings. The second kappa shape index (κ2) is 6.92. The number of likely N-dealkylation sites (tertiary alicyclic amines) is 1. The lowest BCUT2D eigenvalue weighted by Crippen LogP contribution is -2.49. The second-order valence-corrected chi connectivity index (χ2v) is 6.99. The third-order valence-electron chi connectivity index (χ3n) is 5.54. The van der Waals surface area contributed by atoms with E-state index in [0.717, 1.165) is 25.1 Å². The van der Waals surface area contributed by atoms with Crippen LogP contribution in [0.3, 0.4) is 0 Å². The minimum Gasteiger partial charge on any atom is -0.300 e. The molecule has 2 heterocycles. The van der Waals surface area contributed by atoms with Gasteiger partial charge in [-0.15, -0.1) is 0 Å². The van der Waals surface area contributed by atoms with E-state index in [2.05, 4.69) is 27.1 Å². The number of anilines is 1. The molecule has 5 heteroatoms. The highest BCUT2D eigenvalue weighted by atomic mass is 16.1. The lowest BCUT2D eigenvalue weighted by atomic mass is 9.77. The molecular weight excluding hydrogens is 312 g/mol. The zero-order valence-electron chi connectivity index (χ0n) is 14.6. The van der Waals surface area contributed by atoms with E-state index < -0.39 is 0 Å². The van der Waals surface area contributed by atoms with Crippen molar-refractivity contribution in [1.29, 1.82) is 0 Å². The summed E-state index contributed by atoms with van der Waals surface area (Å²) in [7, 11) is 0. The van der Waals surface area contributed by atoms with E-state index >= 15 is 0 Å². The number of nitrogens with zero attached hydrogens (tertiary/aromatic N) is 3. The van der Waals surface area contributed by atoms with Gasteiger partial charge in [-0.25, -0.2) is 9.97 Å². The molecule has 5 nitrogen and oxygen atoms in total. The summed E-state index contributed by atoms with van der Waals surface area (Å²) in [5.74, 6) is 0.923. The molecule has 2 aromatic rings. The topological polar surface area (TPSA) is 58.1 Å². The van der Waals surface area contributed by atoms with Crippen molar-refractivity contribution in [1.82, 2.24) is 14.9 Å². The highest BCUT2D eigenvalue weighted by Gasteiger charge is 2.35. The third kappa shape index (κ3) is 3.29. The maximum Gasteiger partial charge on any atom is 0.258 e. The number of hydrogen-bond donors (Lipinski definition) is 1. The van der Waals surface area contributed by atoms with E-state index in [-0.39, 0.29) is 5.91 Å². The molecule has 1 aliphatic heterocycles. The number of nitrogens with one attached hydrogen (secondary N) is 1. The number of fused-ring (bicyclic) bond motifs is 2. The Kier molecular flexibility index (Phi) is 4.49. The Balaban J connectivity index is 1.52. The molecule has 0 unspecified atom stereocenters. The number of hydrogen-bond acceptors (Lipinski definition) is 4. The largest absolute Gasteiger partial charge is 0.300 e. The van der Waals surface area contributed by atoms with Gasteiger partial charge in [0.2, 0.25) is 5.95 Å². The number of likely N-dealkylation sites (N-methyl/N-ethyl adjacent to an activating group) is 1. The lowest BCUT2D eigenvalue weighted by molar-refractivity contribution is 0.0898. The van der Waals surface area contributed by atoms with Crippen LogP contribution in [0.4, 0.5) is 5.95 Å². The van der Waals surface area contributed by atoms with E-state index in [1.54, 1.807) is 12.1 Å². The van der Waals surface area contributed by atoms with E-state index in [4.69, 9.17) is 0 Å². The summed E-state index contributed by atoms with van der Waals surface area (Å²) in [4.78, 5) is 23.9. The predicted molar refractivity (Wildman–Crippen MR) is 97.6 cm³/mol. The first-order valence-corrected chi connectivity index (χ1v) is 9.20. The number of amides is 1. The fourth-order valence-electron chi connectivity index (χ4n) is 4.23. The molecule has 1 aliphatic carbocycles. The first kappa shape index (κ1) is 16.2. The predicted octanol–water partition coefficient (Wildman–Crippen LogP) is 2.93. The van der Waals surface area contributed by atoms with Gasteiger partial charge in [0, 0.05) is 23.5 Å². The van der Waals surface area contributed by atoms with Crippen LogP contribution in [0.2, 0.25) is 0 Å². The fraction of sp³-hybridized carbons (Fsp3) is 0.450. The van der Waals surface area contributed by atoms with Gasteiger partial charge in [0.15, 0.2) is 0 Å². The smallest absolute Gasteiger partial charge is 0.258 e. The molecule has 2 atom stereocenters. The lowest BCUT2D eigenvalue weighted by Gasteiger charge is -2.43. The first-order valence-electron chi connectivity index (χ1n) is 9.20. The minimum absolute atomic E-state index is 0.163. The van der Waals surface area contributed by atoms with Gasteiger partial charge in [-0.05, 0) is 62.4 Å². The Bertz CT molecular complexity index is 762. The maximum absolute atomic E-state index is 12.3. The fourth-order valence-corrected chi connectivity index (χ4v) is 4.23. The van der Waals surface area contributed by atoms with E-state index in [9.17, 15) is 4.79 Å². The summed E-state index contributed by atoms with van der Waals surface area (Å²) >= 11 is 0. The third-order valence-corrected chi connectivity index (χ3v) is 5.54. The van der Waals surface area contributed by atoms with Crippen molar-refractivity contribution in [3.8, 4) is 0 Å². The summed E-state index contributed by atoms with van der Waals surface area (Å²) in [6.07, 6.45) is 6.47. The van der Waals surface area contributed by atoms with Gasteiger partial charge in [-0.3, -0.25) is 10.1 Å². The van der Waals surface area contributed by atoms with Crippen molar-refractivity contribution < 1.29 is 4.79 Å². The van der Waals surface area contributed by atoms with E-state index in [0.29, 0.717) is 23.5 Å².